The normalized spacial score (nSPS) is 12.0. The molecular weight excluding hydrogens is 332 g/mol. The average Bonchev–Trinajstić information content (AvgIpc) is 3.16. The minimum absolute atomic E-state index is 0.0999. The largest absolute Gasteiger partial charge is 0.355 e. The third-order valence-corrected chi connectivity index (χ3v) is 4.24. The predicted octanol–water partition coefficient (Wildman–Crippen LogP) is 1.92. The second-order valence-electron chi connectivity index (χ2n) is 6.00. The second-order valence-corrected chi connectivity index (χ2v) is 6.00. The summed E-state index contributed by atoms with van der Waals surface area (Å²) < 4.78 is 5.19. The van der Waals surface area contributed by atoms with E-state index in [0.29, 0.717) is 12.3 Å². The van der Waals surface area contributed by atoms with Crippen LogP contribution >= 0.6 is 0 Å². The van der Waals surface area contributed by atoms with E-state index in [2.05, 4.69) is 41.5 Å². The highest BCUT2D eigenvalue weighted by atomic mass is 16.5. The molecule has 26 heavy (non-hydrogen) atoms. The summed E-state index contributed by atoms with van der Waals surface area (Å²) in [5.74, 6) is -0.166. The molecule has 0 aliphatic carbocycles. The summed E-state index contributed by atoms with van der Waals surface area (Å²) in [5.41, 5.74) is 0.982. The van der Waals surface area contributed by atoms with Gasteiger partial charge in [-0.3, -0.25) is 14.5 Å². The third-order valence-electron chi connectivity index (χ3n) is 4.24. The van der Waals surface area contributed by atoms with Gasteiger partial charge in [0, 0.05) is 24.2 Å². The van der Waals surface area contributed by atoms with Gasteiger partial charge in [0.1, 0.15) is 0 Å². The molecule has 0 saturated carbocycles. The number of nitrogens with zero attached hydrogens (tertiary/aromatic N) is 2. The number of nitrogens with one attached hydrogen (secondary N) is 2. The maximum absolute atomic E-state index is 12.1. The number of aromatic nitrogens is 1. The molecule has 140 valence electrons. The van der Waals surface area contributed by atoms with Gasteiger partial charge < -0.3 is 15.2 Å². The number of amides is 2. The molecule has 2 rings (SSSR count). The Bertz CT molecular complexity index is 711. The lowest BCUT2D eigenvalue weighted by Crippen LogP contribution is -2.44. The van der Waals surface area contributed by atoms with Gasteiger partial charge in [0.25, 0.3) is 5.91 Å². The number of hydrogen-bond donors (Lipinski definition) is 2. The summed E-state index contributed by atoms with van der Waals surface area (Å²) in [4.78, 5) is 26.3. The Morgan fingerprint density at radius 2 is 1.85 bits per heavy atom. The van der Waals surface area contributed by atoms with Gasteiger partial charge >= 0.3 is 0 Å². The van der Waals surface area contributed by atoms with Gasteiger partial charge in [-0.2, -0.15) is 0 Å². The lowest BCUT2D eigenvalue weighted by atomic mass is 10.1. The fraction of sp³-hybridized carbons (Fsp3) is 0.421. The van der Waals surface area contributed by atoms with Crippen LogP contribution in [0.5, 0.6) is 0 Å². The first-order valence-electron chi connectivity index (χ1n) is 8.86. The van der Waals surface area contributed by atoms with Crippen molar-refractivity contribution in [1.29, 1.82) is 0 Å². The zero-order chi connectivity index (χ0) is 18.9. The second kappa shape index (κ2) is 9.72. The van der Waals surface area contributed by atoms with Crippen LogP contribution in [0.25, 0.3) is 11.3 Å². The molecule has 0 aliphatic heterocycles. The van der Waals surface area contributed by atoms with E-state index in [9.17, 15) is 9.59 Å². The highest BCUT2D eigenvalue weighted by Crippen LogP contribution is 2.19. The quantitative estimate of drug-likeness (QED) is 0.715. The molecule has 1 heterocycles. The van der Waals surface area contributed by atoms with Crippen LogP contribution in [0.15, 0.2) is 40.9 Å². The van der Waals surface area contributed by atoms with Crippen molar-refractivity contribution in [3.05, 3.63) is 42.1 Å². The van der Waals surface area contributed by atoms with Crippen molar-refractivity contribution >= 4 is 11.8 Å². The lowest BCUT2D eigenvalue weighted by Gasteiger charge is -2.26. The molecule has 7 nitrogen and oxygen atoms in total. The monoisotopic (exact) mass is 358 g/mol. The summed E-state index contributed by atoms with van der Waals surface area (Å²) in [6, 6.07) is 11.2. The predicted molar refractivity (Wildman–Crippen MR) is 99.7 cm³/mol. The van der Waals surface area contributed by atoms with Crippen LogP contribution < -0.4 is 10.6 Å². The lowest BCUT2D eigenvalue weighted by molar-refractivity contribution is -0.120. The number of carbonyl (C=O) groups is 2. The van der Waals surface area contributed by atoms with Gasteiger partial charge in [0.15, 0.2) is 11.5 Å². The van der Waals surface area contributed by atoms with Crippen molar-refractivity contribution in [2.45, 2.75) is 26.8 Å². The number of rotatable bonds is 9. The fourth-order valence-electron chi connectivity index (χ4n) is 2.67. The maximum Gasteiger partial charge on any atom is 0.273 e. The van der Waals surface area contributed by atoms with Crippen molar-refractivity contribution in [3.8, 4) is 11.3 Å². The van der Waals surface area contributed by atoms with Crippen molar-refractivity contribution in [3.63, 3.8) is 0 Å². The summed E-state index contributed by atoms with van der Waals surface area (Å²) in [5, 5.41) is 9.15. The van der Waals surface area contributed by atoms with Gasteiger partial charge in [-0.25, -0.2) is 0 Å². The molecule has 2 aromatic rings. The first-order valence-corrected chi connectivity index (χ1v) is 8.86. The molecule has 1 unspecified atom stereocenters. The molecule has 1 atom stereocenters. The molecule has 0 aliphatic rings. The molecule has 7 heteroatoms. The van der Waals surface area contributed by atoms with Crippen molar-refractivity contribution in [1.82, 2.24) is 20.7 Å². The molecule has 2 N–H and O–H groups in total. The Morgan fingerprint density at radius 1 is 1.15 bits per heavy atom. The summed E-state index contributed by atoms with van der Waals surface area (Å²) in [6.07, 6.45) is 0. The number of hydrogen-bond acceptors (Lipinski definition) is 5. The van der Waals surface area contributed by atoms with Crippen LogP contribution in [0.4, 0.5) is 0 Å². The van der Waals surface area contributed by atoms with E-state index in [0.717, 1.165) is 18.7 Å². The average molecular weight is 358 g/mol. The Kier molecular flexibility index (Phi) is 7.35. The van der Waals surface area contributed by atoms with Crippen LogP contribution in [0, 0.1) is 0 Å². The molecule has 0 bridgehead atoms. The smallest absolute Gasteiger partial charge is 0.273 e. The molecule has 0 radical (unpaired) electrons. The molecule has 0 fully saturated rings. The van der Waals surface area contributed by atoms with Crippen molar-refractivity contribution in [2.75, 3.05) is 26.2 Å². The summed E-state index contributed by atoms with van der Waals surface area (Å²) >= 11 is 0. The van der Waals surface area contributed by atoms with Gasteiger partial charge in [-0.05, 0) is 20.0 Å². The van der Waals surface area contributed by atoms with Gasteiger partial charge in [-0.1, -0.05) is 49.3 Å². The highest BCUT2D eigenvalue weighted by molar-refractivity contribution is 5.95. The Labute approximate surface area is 153 Å². The topological polar surface area (TPSA) is 87.5 Å². The van der Waals surface area contributed by atoms with Gasteiger partial charge in [-0.15, -0.1) is 0 Å². The number of carbonyl (C=O) groups excluding carboxylic acids is 2. The first kappa shape index (κ1) is 19.7. The van der Waals surface area contributed by atoms with Crippen LogP contribution in [0.1, 0.15) is 31.3 Å². The Hall–Kier alpha value is -2.67. The van der Waals surface area contributed by atoms with E-state index in [-0.39, 0.29) is 24.2 Å². The van der Waals surface area contributed by atoms with Crippen LogP contribution in [0.2, 0.25) is 0 Å². The zero-order valence-electron chi connectivity index (χ0n) is 15.5. The van der Waals surface area contributed by atoms with Crippen molar-refractivity contribution in [2.24, 2.45) is 0 Å². The fourth-order valence-corrected chi connectivity index (χ4v) is 2.67. The van der Waals surface area contributed by atoms with Gasteiger partial charge in [0.05, 0.1) is 6.54 Å². The van der Waals surface area contributed by atoms with E-state index < -0.39 is 5.91 Å². The van der Waals surface area contributed by atoms with E-state index in [1.807, 2.05) is 30.3 Å². The molecule has 1 aromatic heterocycles. The minimum atomic E-state index is -0.442. The first-order chi connectivity index (χ1) is 12.5. The maximum atomic E-state index is 12.1. The minimum Gasteiger partial charge on any atom is -0.355 e. The van der Waals surface area contributed by atoms with E-state index >= 15 is 0 Å². The Balaban J connectivity index is 1.80. The molecule has 1 aromatic carbocycles. The van der Waals surface area contributed by atoms with Crippen LogP contribution in [-0.4, -0.2) is 54.1 Å². The standard InChI is InChI=1S/C19H26N4O3/c1-4-23(5-2)14(3)12-20-18(24)13-21-19(25)16-11-17(26-22-16)15-9-7-6-8-10-15/h6-11,14H,4-5,12-13H2,1-3H3,(H,20,24)(H,21,25). The van der Waals surface area contributed by atoms with E-state index in [1.54, 1.807) is 6.07 Å². The summed E-state index contributed by atoms with van der Waals surface area (Å²) in [6.45, 7) is 8.54. The summed E-state index contributed by atoms with van der Waals surface area (Å²) in [7, 11) is 0. The molecular formula is C19H26N4O3. The zero-order valence-corrected chi connectivity index (χ0v) is 15.5. The third kappa shape index (κ3) is 5.42. The highest BCUT2D eigenvalue weighted by Gasteiger charge is 2.15. The van der Waals surface area contributed by atoms with Gasteiger partial charge in [0.2, 0.25) is 5.91 Å². The number of likely N-dealkylation sites (N-methyl/N-ethyl adjacent to an activating group) is 1. The SMILES string of the molecule is CCN(CC)C(C)CNC(=O)CNC(=O)c1cc(-c2ccccc2)on1. The van der Waals surface area contributed by atoms with E-state index in [4.69, 9.17) is 4.52 Å². The van der Waals surface area contributed by atoms with E-state index in [1.165, 1.54) is 0 Å². The van der Waals surface area contributed by atoms with Crippen LogP contribution in [0.3, 0.4) is 0 Å². The number of benzene rings is 1. The molecule has 2 amide bonds. The molecule has 0 saturated heterocycles. The Morgan fingerprint density at radius 3 is 2.50 bits per heavy atom. The van der Waals surface area contributed by atoms with Crippen molar-refractivity contribution < 1.29 is 14.1 Å². The van der Waals surface area contributed by atoms with Crippen LogP contribution in [-0.2, 0) is 4.79 Å². The molecule has 0 spiro atoms.